The highest BCUT2D eigenvalue weighted by Gasteiger charge is 2.28. The maximum Gasteiger partial charge on any atom is 0.288 e. The first kappa shape index (κ1) is 98.8. The fourth-order valence-electron chi connectivity index (χ4n) is 12.8. The number of hydrogen-bond acceptors (Lipinski definition) is 20. The zero-order valence-corrected chi connectivity index (χ0v) is 77.1. The molecule has 0 amide bonds. The number of alkyl halides is 3. The number of nitrogen functional groups attached to an aromatic ring is 3. The number of rotatable bonds is 16. The predicted octanol–water partition coefficient (Wildman–Crippen LogP) is 24.1. The zero-order valence-electron chi connectivity index (χ0n) is 70.4. The molecule has 38 heteroatoms. The van der Waals surface area contributed by atoms with E-state index in [0.29, 0.717) is 79.2 Å². The summed E-state index contributed by atoms with van der Waals surface area (Å²) >= 11 is 36.9. The van der Waals surface area contributed by atoms with E-state index < -0.39 is 49.0 Å². The Balaban J connectivity index is 0.000000156. The molecule has 0 saturated heterocycles. The molecule has 0 aliphatic rings. The van der Waals surface area contributed by atoms with Gasteiger partial charge in [-0.1, -0.05) is 136 Å². The van der Waals surface area contributed by atoms with Gasteiger partial charge in [0.1, 0.15) is 64.7 Å². The van der Waals surface area contributed by atoms with E-state index >= 15 is 0 Å². The predicted molar refractivity (Wildman–Crippen MR) is 524 cm³/mol. The highest BCUT2D eigenvalue weighted by molar-refractivity contribution is 14.1. The van der Waals surface area contributed by atoms with Crippen molar-refractivity contribution >= 4 is 188 Å². The van der Waals surface area contributed by atoms with Crippen LogP contribution in [0.15, 0.2) is 256 Å². The summed E-state index contributed by atoms with van der Waals surface area (Å²) in [6, 6.07) is 62.5. The number of nitrogens with one attached hydrogen (secondary N) is 1. The zero-order chi connectivity index (χ0) is 96.2. The van der Waals surface area contributed by atoms with Crippen molar-refractivity contribution in [2.75, 3.05) is 17.2 Å². The van der Waals surface area contributed by atoms with Crippen molar-refractivity contribution in [3.8, 4) is 69.2 Å². The van der Waals surface area contributed by atoms with Gasteiger partial charge in [0.25, 0.3) is 29.2 Å². The van der Waals surface area contributed by atoms with Crippen LogP contribution in [0.4, 0.5) is 53.2 Å². The summed E-state index contributed by atoms with van der Waals surface area (Å²) in [5, 5.41) is 49.6. The topological polar surface area (TPSA) is 406 Å². The number of ketones is 2. The molecule has 0 fully saturated rings. The number of H-pyrrole nitrogens is 1. The van der Waals surface area contributed by atoms with Gasteiger partial charge in [-0.05, 0) is 216 Å². The van der Waals surface area contributed by atoms with Gasteiger partial charge in [0.05, 0.1) is 57.8 Å². The lowest BCUT2D eigenvalue weighted by atomic mass is 9.96. The molecule has 0 aliphatic heterocycles. The number of carbonyl (C=O) groups excluding carboxylic acids is 2. The Labute approximate surface area is 799 Å². The maximum absolute atomic E-state index is 13.8. The number of Topliss-reactive ketones (excluding diaryl/α,β-unsaturated/α-hetero) is 2. The van der Waals surface area contributed by atoms with Gasteiger partial charge in [-0.2, -0.15) is 0 Å². The number of nitrogens with zero attached hydrogens (tertiary/aromatic N) is 14. The molecule has 11 heterocycles. The molecule has 0 aliphatic carbocycles. The summed E-state index contributed by atoms with van der Waals surface area (Å²) in [5.74, 6) is 7.42. The molecule has 0 spiro atoms. The number of pyridine rings is 7. The van der Waals surface area contributed by atoms with Crippen LogP contribution < -0.4 is 17.2 Å². The molecular weight excluding hydrogens is 1950 g/mol. The largest absolute Gasteiger partial charge is 0.397 e. The fourth-order valence-corrected chi connectivity index (χ4v) is 14.0. The summed E-state index contributed by atoms with van der Waals surface area (Å²) in [5.41, 5.74) is 28.0. The van der Waals surface area contributed by atoms with E-state index in [1.807, 2.05) is 162 Å². The van der Waals surface area contributed by atoms with E-state index in [1.165, 1.54) is 62.8 Å². The fraction of sp³-hybridized carbons (Fsp3) is 0.105. The van der Waals surface area contributed by atoms with E-state index in [0.717, 1.165) is 95.4 Å². The summed E-state index contributed by atoms with van der Waals surface area (Å²) in [6.45, 7) is 2.33. The van der Waals surface area contributed by atoms with Crippen molar-refractivity contribution in [3.05, 3.63) is 369 Å². The number of nitrogens with two attached hydrogens (primary N) is 3. The molecule has 0 atom stereocenters. The molecule has 0 saturated carbocycles. The van der Waals surface area contributed by atoms with E-state index in [4.69, 9.17) is 93.2 Å². The molecule has 0 unspecified atom stereocenters. The van der Waals surface area contributed by atoms with Crippen LogP contribution in [0.1, 0.15) is 70.6 Å². The molecule has 17 rings (SSSR count). The Morgan fingerprint density at radius 2 is 0.857 bits per heavy atom. The van der Waals surface area contributed by atoms with Gasteiger partial charge in [0.15, 0.2) is 17.2 Å². The Kier molecular flexibility index (Phi) is 33.2. The summed E-state index contributed by atoms with van der Waals surface area (Å²) in [6.07, 6.45) is 11.1. The molecule has 28 nitrogen and oxygen atoms in total. The number of hydrogen-bond donors (Lipinski definition) is 4. The van der Waals surface area contributed by atoms with Crippen molar-refractivity contribution in [1.29, 1.82) is 0 Å². The second kappa shape index (κ2) is 44.7. The average Bonchev–Trinajstić information content (AvgIpc) is 1.68. The number of fused-ring (bicyclic) bond motifs is 4. The number of terminal acetylenes is 1. The number of aryl methyl sites for hydroxylation is 4. The van der Waals surface area contributed by atoms with Crippen LogP contribution in [0.3, 0.4) is 0 Å². The lowest BCUT2D eigenvalue weighted by Gasteiger charge is -2.13. The number of benzene rings is 6. The Hall–Kier alpha value is -14.8. The van der Waals surface area contributed by atoms with Gasteiger partial charge in [-0.3, -0.25) is 55.0 Å². The summed E-state index contributed by atoms with van der Waals surface area (Å²) in [4.78, 5) is 96.7. The molecule has 7 N–H and O–H groups in total. The highest BCUT2D eigenvalue weighted by Crippen LogP contribution is 2.35. The van der Waals surface area contributed by atoms with Crippen LogP contribution in [-0.4, -0.2) is 90.5 Å². The van der Waals surface area contributed by atoms with Gasteiger partial charge in [0.2, 0.25) is 0 Å². The molecule has 6 aromatic carbocycles. The second-order valence-electron chi connectivity index (χ2n) is 29.3. The SMILES string of the molecule is C#Cc1ccc(Cl)cc1.Cn1c(-c2ccc(Cl)cc2)cc2cc(CC(=O)c3cc(CCC(=O)C(C)(C)F)cnc3C(F)F)cnc21.Cn1c(-c2ccc(Cl)cc2)cc2cc(N)cnc21.Cn1c(-c2ccc(Cl)cc2)cc2cc([N+](=O)[O-])cnc21.Nc1ncc([N+](=O)[O-])cc1C#Cc1ccc(Cl)cc1.Nc1ncc([N+](=O)[O-])cc1I.O=[N+]([O-])c1cnc2[nH]c(-c3ccc(Cl)cc3)cc2c1. The van der Waals surface area contributed by atoms with E-state index in [9.17, 15) is 63.2 Å². The van der Waals surface area contributed by atoms with Gasteiger partial charge < -0.3 is 35.9 Å². The standard InChI is InChI=1S/C28H25ClF3N3O2.C14H10ClN3O2.C14H12ClN3.2C13H8ClN3O2.C8H5Cl.C5H4IN3O2/c1-28(2,32)24(37)9-4-16-11-21(25(26(30)31)33-14-16)23(36)12-17-10-19-13-22(35(3)27(19)34-15-17)18-5-7-20(29)8-6-18;1-17-13(9-2-4-11(15)5-3-9)7-10-6-12(18(19)20)8-16-14(10)17;1-18-13(9-2-4-11(15)5-3-9)7-10-6-12(16)8-17-14(10)18;14-10-3-1-8(2-4-10)12-6-9-5-11(17(18)19)7-15-13(9)16-12;14-11-5-2-9(3-6-11)1-4-10-7-12(17(18)19)8-16-13(10)15;1-2-7-3-5-8(9)6-4-7;6-4-1-3(9(10)11)2-8-5(4)7/h5-8,10-11,13-15,26H,4,9,12H2,1-3H3;2-8H,1H3;2-8H,16H2,1H3;1-7H,(H,15,16);2-3,5-8H,(H2,15,16);1,3-6H;1-2H,(H2,7,8). The lowest BCUT2D eigenvalue weighted by Crippen LogP contribution is -2.26. The molecule has 672 valence electrons. The van der Waals surface area contributed by atoms with Crippen LogP contribution in [0.5, 0.6) is 0 Å². The molecule has 0 radical (unpaired) electrons. The minimum absolute atomic E-state index is 0.00856. The minimum atomic E-state index is -2.95. The third-order valence-electron chi connectivity index (χ3n) is 19.6. The van der Waals surface area contributed by atoms with Crippen LogP contribution in [-0.2, 0) is 38.8 Å². The lowest BCUT2D eigenvalue weighted by molar-refractivity contribution is -0.385. The van der Waals surface area contributed by atoms with Crippen LogP contribution in [0.25, 0.3) is 89.2 Å². The number of carbonyl (C=O) groups is 2. The second-order valence-corrected chi connectivity index (χ2v) is 33.1. The summed E-state index contributed by atoms with van der Waals surface area (Å²) < 4.78 is 47.6. The van der Waals surface area contributed by atoms with Crippen LogP contribution in [0, 0.1) is 68.2 Å². The third-order valence-corrected chi connectivity index (χ3v) is 22.0. The maximum atomic E-state index is 13.8. The number of halogens is 10. The first-order valence-electron chi connectivity index (χ1n) is 39.2. The van der Waals surface area contributed by atoms with Gasteiger partial charge in [-0.25, -0.2) is 43.1 Å². The molecular formula is C95H72Cl6F3IN18O10. The van der Waals surface area contributed by atoms with Crippen molar-refractivity contribution in [2.45, 2.75) is 45.2 Å². The van der Waals surface area contributed by atoms with E-state index in [-0.39, 0.29) is 53.4 Å². The number of aromatic nitrogens is 11. The normalized spacial score (nSPS) is 10.7. The quantitative estimate of drug-likeness (QED) is 0.0229. The first-order valence-corrected chi connectivity index (χ1v) is 42.5. The van der Waals surface area contributed by atoms with Crippen molar-refractivity contribution in [2.24, 2.45) is 21.1 Å². The third kappa shape index (κ3) is 26.5. The molecule has 0 bridgehead atoms. The first-order chi connectivity index (χ1) is 63.3. The number of aromatic amines is 1. The molecule has 133 heavy (non-hydrogen) atoms. The summed E-state index contributed by atoms with van der Waals surface area (Å²) in [7, 11) is 5.76. The average molecular weight is 2020 g/mol. The Morgan fingerprint density at radius 1 is 0.466 bits per heavy atom. The van der Waals surface area contributed by atoms with Crippen LogP contribution in [0.2, 0.25) is 30.1 Å². The monoisotopic (exact) mass is 2020 g/mol. The number of nitro groups is 4. The van der Waals surface area contributed by atoms with Crippen molar-refractivity contribution < 1.29 is 42.5 Å². The smallest absolute Gasteiger partial charge is 0.288 e. The van der Waals surface area contributed by atoms with Gasteiger partial charge >= 0.3 is 0 Å². The highest BCUT2D eigenvalue weighted by atomic mass is 127. The Bertz CT molecular complexity index is 7320. The van der Waals surface area contributed by atoms with Crippen molar-refractivity contribution in [3.63, 3.8) is 0 Å². The minimum Gasteiger partial charge on any atom is -0.397 e. The van der Waals surface area contributed by atoms with Gasteiger partial charge in [0, 0.05) is 145 Å². The molecule has 11 aromatic heterocycles. The number of anilines is 3. The molecule has 17 aromatic rings. The Morgan fingerprint density at radius 3 is 1.32 bits per heavy atom. The van der Waals surface area contributed by atoms with Gasteiger partial charge in [-0.15, -0.1) is 6.42 Å². The van der Waals surface area contributed by atoms with E-state index in [2.05, 4.69) is 68.3 Å². The van der Waals surface area contributed by atoms with Crippen LogP contribution >= 0.6 is 92.2 Å². The van der Waals surface area contributed by atoms with Crippen molar-refractivity contribution in [1.82, 2.24) is 53.6 Å². The van der Waals surface area contributed by atoms with E-state index in [1.54, 1.807) is 79.1 Å².